The number of carbonyl (C=O) groups is 1. The number of aromatic nitrogens is 3. The zero-order valence-corrected chi connectivity index (χ0v) is 17.7. The highest BCUT2D eigenvalue weighted by atomic mass is 35.5. The van der Waals surface area contributed by atoms with Gasteiger partial charge in [0.05, 0.1) is 11.9 Å². The molecule has 1 saturated carbocycles. The molecule has 1 unspecified atom stereocenters. The average molecular weight is 426 g/mol. The van der Waals surface area contributed by atoms with Gasteiger partial charge >= 0.3 is 0 Å². The number of nitrogens with one attached hydrogen (secondary N) is 1. The number of hydrogen-bond donors (Lipinski definition) is 1. The maximum atomic E-state index is 13.1. The molecule has 5 rings (SSSR count). The van der Waals surface area contributed by atoms with E-state index >= 15 is 0 Å². The fourth-order valence-electron chi connectivity index (χ4n) is 5.19. The van der Waals surface area contributed by atoms with Gasteiger partial charge < -0.3 is 14.8 Å². The standard InChI is InChI=1S/C20H27N5O.2ClH/c26-19(24-9-3-6-20(13-24)7-8-21-12-20)15-10-17-18(22-11-15)25(14-23-17)16-4-1-2-5-16;;/h10-11,14,16,21H,1-9,12-13H2;2*1H. The van der Waals surface area contributed by atoms with Gasteiger partial charge in [0.1, 0.15) is 5.52 Å². The third kappa shape index (κ3) is 3.74. The molecular formula is C20H29Cl2N5O. The molecule has 1 amide bonds. The van der Waals surface area contributed by atoms with Crippen molar-refractivity contribution in [3.63, 3.8) is 0 Å². The molecule has 3 aliphatic rings. The summed E-state index contributed by atoms with van der Waals surface area (Å²) in [7, 11) is 0. The predicted octanol–water partition coefficient (Wildman–Crippen LogP) is 3.61. The lowest BCUT2D eigenvalue weighted by atomic mass is 9.79. The predicted molar refractivity (Wildman–Crippen MR) is 115 cm³/mol. The first-order chi connectivity index (χ1) is 12.7. The summed E-state index contributed by atoms with van der Waals surface area (Å²) in [5, 5.41) is 3.47. The van der Waals surface area contributed by atoms with Crippen molar-refractivity contribution in [2.75, 3.05) is 26.2 Å². The number of halogens is 2. The van der Waals surface area contributed by atoms with Gasteiger partial charge in [0.15, 0.2) is 5.65 Å². The third-order valence-electron chi connectivity index (χ3n) is 6.66. The number of fused-ring (bicyclic) bond motifs is 1. The van der Waals surface area contributed by atoms with Crippen molar-refractivity contribution < 1.29 is 4.79 Å². The minimum Gasteiger partial charge on any atom is -0.338 e. The number of likely N-dealkylation sites (tertiary alicyclic amines) is 1. The summed E-state index contributed by atoms with van der Waals surface area (Å²) in [6.07, 6.45) is 12.1. The van der Waals surface area contributed by atoms with Gasteiger partial charge in [-0.2, -0.15) is 0 Å². The molecule has 2 aliphatic heterocycles. The Balaban J connectivity index is 0.00000112. The van der Waals surface area contributed by atoms with E-state index in [4.69, 9.17) is 0 Å². The quantitative estimate of drug-likeness (QED) is 0.797. The minimum atomic E-state index is 0. The monoisotopic (exact) mass is 425 g/mol. The lowest BCUT2D eigenvalue weighted by Crippen LogP contribution is -2.47. The third-order valence-corrected chi connectivity index (χ3v) is 6.66. The smallest absolute Gasteiger partial charge is 0.255 e. The number of amides is 1. The molecule has 2 aromatic rings. The summed E-state index contributed by atoms with van der Waals surface area (Å²) in [4.78, 5) is 24.3. The topological polar surface area (TPSA) is 63.1 Å². The van der Waals surface area contributed by atoms with Gasteiger partial charge in [-0.1, -0.05) is 12.8 Å². The molecule has 3 fully saturated rings. The second-order valence-electron chi connectivity index (χ2n) is 8.41. The first kappa shape index (κ1) is 21.3. The molecule has 1 spiro atoms. The second kappa shape index (κ2) is 8.56. The molecule has 8 heteroatoms. The van der Waals surface area contributed by atoms with Crippen molar-refractivity contribution in [2.45, 2.75) is 51.0 Å². The first-order valence-electron chi connectivity index (χ1n) is 10.1. The number of carbonyl (C=O) groups excluding carboxylic acids is 1. The summed E-state index contributed by atoms with van der Waals surface area (Å²) in [5.41, 5.74) is 2.73. The molecule has 154 valence electrons. The van der Waals surface area contributed by atoms with Crippen LogP contribution in [0.5, 0.6) is 0 Å². The summed E-state index contributed by atoms with van der Waals surface area (Å²) in [5.74, 6) is 0.112. The number of rotatable bonds is 2. The Labute approximate surface area is 178 Å². The Kier molecular flexibility index (Phi) is 6.52. The molecule has 28 heavy (non-hydrogen) atoms. The average Bonchev–Trinajstić information content (AvgIpc) is 3.41. The minimum absolute atomic E-state index is 0. The van der Waals surface area contributed by atoms with Crippen LogP contribution in [0.2, 0.25) is 0 Å². The van der Waals surface area contributed by atoms with Crippen molar-refractivity contribution in [3.8, 4) is 0 Å². The van der Waals surface area contributed by atoms with E-state index in [1.807, 2.05) is 17.3 Å². The van der Waals surface area contributed by atoms with E-state index in [2.05, 4.69) is 19.9 Å². The van der Waals surface area contributed by atoms with Crippen molar-refractivity contribution in [1.29, 1.82) is 0 Å². The SMILES string of the molecule is Cl.Cl.O=C(c1cnc2c(c1)ncn2C1CCCC1)N1CCCC2(CCNC2)C1. The fraction of sp³-hybridized carbons (Fsp3) is 0.650. The number of imidazole rings is 1. The zero-order chi connectivity index (χ0) is 17.6. The van der Waals surface area contributed by atoms with Crippen LogP contribution in [-0.4, -0.2) is 51.5 Å². The van der Waals surface area contributed by atoms with Crippen LogP contribution in [0, 0.1) is 5.41 Å². The maximum Gasteiger partial charge on any atom is 0.255 e. The Bertz CT molecular complexity index is 827. The highest BCUT2D eigenvalue weighted by Crippen LogP contribution is 2.36. The van der Waals surface area contributed by atoms with Crippen LogP contribution in [0.1, 0.15) is 61.3 Å². The Morgan fingerprint density at radius 2 is 1.96 bits per heavy atom. The molecule has 0 bridgehead atoms. The molecule has 2 aromatic heterocycles. The van der Waals surface area contributed by atoms with Gasteiger partial charge in [-0.05, 0) is 44.7 Å². The van der Waals surface area contributed by atoms with Crippen molar-refractivity contribution >= 4 is 41.9 Å². The summed E-state index contributed by atoms with van der Waals surface area (Å²) in [6, 6.07) is 2.45. The Morgan fingerprint density at radius 3 is 2.71 bits per heavy atom. The van der Waals surface area contributed by atoms with E-state index in [0.29, 0.717) is 11.6 Å². The molecular weight excluding hydrogens is 397 g/mol. The van der Waals surface area contributed by atoms with Gasteiger partial charge in [-0.15, -0.1) is 24.8 Å². The van der Waals surface area contributed by atoms with E-state index in [0.717, 1.165) is 43.8 Å². The molecule has 2 saturated heterocycles. The highest BCUT2D eigenvalue weighted by Gasteiger charge is 2.39. The summed E-state index contributed by atoms with van der Waals surface area (Å²) in [6.45, 7) is 3.84. The van der Waals surface area contributed by atoms with Crippen molar-refractivity contribution in [1.82, 2.24) is 24.8 Å². The van der Waals surface area contributed by atoms with Crippen LogP contribution in [0.15, 0.2) is 18.6 Å². The van der Waals surface area contributed by atoms with Crippen LogP contribution in [0.3, 0.4) is 0 Å². The van der Waals surface area contributed by atoms with Crippen LogP contribution in [0.4, 0.5) is 0 Å². The van der Waals surface area contributed by atoms with E-state index in [1.165, 1.54) is 38.5 Å². The van der Waals surface area contributed by atoms with Crippen molar-refractivity contribution in [2.24, 2.45) is 5.41 Å². The molecule has 6 nitrogen and oxygen atoms in total. The molecule has 0 radical (unpaired) electrons. The van der Waals surface area contributed by atoms with Crippen LogP contribution in [-0.2, 0) is 0 Å². The summed E-state index contributed by atoms with van der Waals surface area (Å²) < 4.78 is 2.21. The fourth-order valence-corrected chi connectivity index (χ4v) is 5.19. The lowest BCUT2D eigenvalue weighted by Gasteiger charge is -2.40. The number of pyridine rings is 1. The van der Waals surface area contributed by atoms with E-state index < -0.39 is 0 Å². The van der Waals surface area contributed by atoms with E-state index in [9.17, 15) is 4.79 Å². The van der Waals surface area contributed by atoms with Gasteiger partial charge in [0.2, 0.25) is 0 Å². The molecule has 1 aliphatic carbocycles. The van der Waals surface area contributed by atoms with E-state index in [1.54, 1.807) is 6.20 Å². The Hall–Kier alpha value is -1.37. The second-order valence-corrected chi connectivity index (χ2v) is 8.41. The number of nitrogens with zero attached hydrogens (tertiary/aromatic N) is 4. The number of hydrogen-bond acceptors (Lipinski definition) is 4. The van der Waals surface area contributed by atoms with E-state index in [-0.39, 0.29) is 36.1 Å². The van der Waals surface area contributed by atoms with Crippen LogP contribution in [0.25, 0.3) is 11.2 Å². The van der Waals surface area contributed by atoms with Crippen molar-refractivity contribution in [3.05, 3.63) is 24.2 Å². The maximum absolute atomic E-state index is 13.1. The van der Waals surface area contributed by atoms with Gasteiger partial charge in [0.25, 0.3) is 5.91 Å². The number of piperidine rings is 1. The molecule has 1 atom stereocenters. The molecule has 1 N–H and O–H groups in total. The van der Waals surface area contributed by atoms with Crippen LogP contribution >= 0.6 is 24.8 Å². The first-order valence-corrected chi connectivity index (χ1v) is 10.1. The van der Waals surface area contributed by atoms with Crippen LogP contribution < -0.4 is 5.32 Å². The molecule has 0 aromatic carbocycles. The van der Waals surface area contributed by atoms with Gasteiger partial charge in [-0.25, -0.2) is 9.97 Å². The largest absolute Gasteiger partial charge is 0.338 e. The zero-order valence-electron chi connectivity index (χ0n) is 16.1. The molecule has 4 heterocycles. The summed E-state index contributed by atoms with van der Waals surface area (Å²) >= 11 is 0. The lowest BCUT2D eigenvalue weighted by molar-refractivity contribution is 0.0553. The van der Waals surface area contributed by atoms with Gasteiger partial charge in [-0.3, -0.25) is 4.79 Å². The highest BCUT2D eigenvalue weighted by molar-refractivity contribution is 5.96. The normalized spacial score (nSPS) is 25.1. The Morgan fingerprint density at radius 1 is 1.14 bits per heavy atom. The van der Waals surface area contributed by atoms with Gasteiger partial charge in [0, 0.05) is 37.3 Å².